The lowest BCUT2D eigenvalue weighted by Gasteiger charge is -2.30. The lowest BCUT2D eigenvalue weighted by molar-refractivity contribution is 0.387. The van der Waals surface area contributed by atoms with Crippen molar-refractivity contribution in [1.82, 2.24) is 15.3 Å². The molecule has 0 amide bonds. The maximum Gasteiger partial charge on any atom is 0.225 e. The monoisotopic (exact) mass is 438 g/mol. The van der Waals surface area contributed by atoms with Crippen LogP contribution in [0.1, 0.15) is 25.7 Å². The molecule has 0 spiro atoms. The molecular weight excluding hydrogens is 411 g/mol. The molecule has 2 aromatic carbocycles. The van der Waals surface area contributed by atoms with Crippen molar-refractivity contribution in [3.05, 3.63) is 54.3 Å². The first-order chi connectivity index (χ1) is 15.0. The van der Waals surface area contributed by atoms with Gasteiger partial charge in [-0.3, -0.25) is 0 Å². The third-order valence-corrected chi connectivity index (χ3v) is 5.72. The van der Waals surface area contributed by atoms with Crippen LogP contribution in [-0.4, -0.2) is 41.3 Å². The van der Waals surface area contributed by atoms with E-state index in [4.69, 9.17) is 22.2 Å². The first-order valence-corrected chi connectivity index (χ1v) is 10.9. The number of nitrogens with one attached hydrogen (secondary N) is 3. The summed E-state index contributed by atoms with van der Waals surface area (Å²) in [5.74, 6) is 1.33. The van der Waals surface area contributed by atoms with E-state index < -0.39 is 0 Å². The van der Waals surface area contributed by atoms with Gasteiger partial charge in [0, 0.05) is 37.3 Å². The number of aromatic nitrogens is 2. The Balaban J connectivity index is 1.32. The predicted octanol–water partition coefficient (Wildman–Crippen LogP) is 4.54. The zero-order valence-corrected chi connectivity index (χ0v) is 18.5. The third-order valence-electron chi connectivity index (χ3n) is 5.50. The second kappa shape index (κ2) is 9.43. The molecule has 1 aliphatic carbocycles. The van der Waals surface area contributed by atoms with Crippen LogP contribution in [0.25, 0.3) is 10.9 Å². The molecule has 162 valence electrons. The Morgan fingerprint density at radius 3 is 2.35 bits per heavy atom. The van der Waals surface area contributed by atoms with Gasteiger partial charge in [-0.25, -0.2) is 9.37 Å². The molecule has 31 heavy (non-hydrogen) atoms. The topological polar surface area (TPSA) is 65.1 Å². The second-order valence-electron chi connectivity index (χ2n) is 8.08. The van der Waals surface area contributed by atoms with Gasteiger partial charge in [0.2, 0.25) is 5.95 Å². The van der Waals surface area contributed by atoms with Gasteiger partial charge in [-0.1, -0.05) is 12.1 Å². The summed E-state index contributed by atoms with van der Waals surface area (Å²) in [4.78, 5) is 11.5. The zero-order chi connectivity index (χ0) is 21.8. The number of nitrogens with zero attached hydrogens (tertiary/aromatic N) is 3. The predicted molar refractivity (Wildman–Crippen MR) is 129 cm³/mol. The minimum atomic E-state index is -0.261. The van der Waals surface area contributed by atoms with E-state index in [1.165, 1.54) is 12.1 Å². The summed E-state index contributed by atoms with van der Waals surface area (Å²) in [7, 11) is 4.00. The standard InChI is InChI=1S/C23H27FN6S/c1-30(2)21-19-5-3-4-6-20(19)28-22(29-21)25-16-11-13-18(14-12-16)27-23(31)26-17-9-7-15(24)8-10-17/h3-10,16,18H,11-14H2,1-2H3,(H,25,28,29)(H2,26,27,31). The molecule has 8 heteroatoms. The molecule has 3 N–H and O–H groups in total. The maximum absolute atomic E-state index is 13.0. The quantitative estimate of drug-likeness (QED) is 0.505. The first kappa shape index (κ1) is 21.2. The number of halogens is 1. The number of hydrogen-bond acceptors (Lipinski definition) is 5. The summed E-state index contributed by atoms with van der Waals surface area (Å²) in [5.41, 5.74) is 1.72. The fraction of sp³-hybridized carbons (Fsp3) is 0.348. The molecule has 6 nitrogen and oxygen atoms in total. The third kappa shape index (κ3) is 5.38. The van der Waals surface area contributed by atoms with E-state index in [1.54, 1.807) is 12.1 Å². The molecule has 1 aliphatic rings. The van der Waals surface area contributed by atoms with Crippen LogP contribution in [0, 0.1) is 5.82 Å². The van der Waals surface area contributed by atoms with Gasteiger partial charge in [0.25, 0.3) is 0 Å². The highest BCUT2D eigenvalue weighted by molar-refractivity contribution is 7.80. The van der Waals surface area contributed by atoms with E-state index >= 15 is 0 Å². The Labute approximate surface area is 187 Å². The molecule has 0 unspecified atom stereocenters. The molecule has 1 aromatic heterocycles. The van der Waals surface area contributed by atoms with E-state index in [9.17, 15) is 4.39 Å². The second-order valence-corrected chi connectivity index (χ2v) is 8.49. The minimum absolute atomic E-state index is 0.261. The lowest BCUT2D eigenvalue weighted by atomic mass is 9.91. The van der Waals surface area contributed by atoms with Crippen molar-refractivity contribution in [3.63, 3.8) is 0 Å². The number of para-hydroxylation sites is 1. The number of rotatable bonds is 5. The smallest absolute Gasteiger partial charge is 0.225 e. The van der Waals surface area contributed by atoms with Gasteiger partial charge in [0.05, 0.1) is 5.52 Å². The SMILES string of the molecule is CN(C)c1nc(NC2CCC(NC(=S)Nc3ccc(F)cc3)CC2)nc2ccccc12. The molecule has 1 fully saturated rings. The van der Waals surface area contributed by atoms with E-state index in [0.29, 0.717) is 23.1 Å². The molecule has 0 radical (unpaired) electrons. The molecule has 0 aliphatic heterocycles. The highest BCUT2D eigenvalue weighted by Crippen LogP contribution is 2.26. The Morgan fingerprint density at radius 2 is 1.65 bits per heavy atom. The van der Waals surface area contributed by atoms with E-state index in [2.05, 4.69) is 16.0 Å². The molecule has 0 bridgehead atoms. The van der Waals surface area contributed by atoms with Crippen LogP contribution in [0.5, 0.6) is 0 Å². The number of benzene rings is 2. The summed E-state index contributed by atoms with van der Waals surface area (Å²) in [6.07, 6.45) is 4.00. The molecule has 1 saturated carbocycles. The Hall–Kier alpha value is -3.00. The summed E-state index contributed by atoms with van der Waals surface area (Å²) in [5, 5.41) is 11.6. The molecule has 0 atom stereocenters. The average Bonchev–Trinajstić information content (AvgIpc) is 2.76. The van der Waals surface area contributed by atoms with Gasteiger partial charge in [-0.2, -0.15) is 4.98 Å². The summed E-state index contributed by atoms with van der Waals surface area (Å²) < 4.78 is 13.0. The van der Waals surface area contributed by atoms with Crippen molar-refractivity contribution in [2.75, 3.05) is 29.6 Å². The van der Waals surface area contributed by atoms with Crippen LogP contribution in [0.3, 0.4) is 0 Å². The van der Waals surface area contributed by atoms with Crippen molar-refractivity contribution >= 4 is 45.7 Å². The normalized spacial score (nSPS) is 18.4. The van der Waals surface area contributed by atoms with Gasteiger partial charge >= 0.3 is 0 Å². The fourth-order valence-electron chi connectivity index (χ4n) is 3.92. The van der Waals surface area contributed by atoms with Crippen LogP contribution in [-0.2, 0) is 0 Å². The van der Waals surface area contributed by atoms with Crippen molar-refractivity contribution in [1.29, 1.82) is 0 Å². The van der Waals surface area contributed by atoms with Gasteiger partial charge < -0.3 is 20.9 Å². The molecule has 0 saturated heterocycles. The Morgan fingerprint density at radius 1 is 0.968 bits per heavy atom. The number of anilines is 3. The van der Waals surface area contributed by atoms with E-state index in [0.717, 1.165) is 48.1 Å². The molecule has 4 rings (SSSR count). The fourth-order valence-corrected chi connectivity index (χ4v) is 4.20. The van der Waals surface area contributed by atoms with Crippen molar-refractivity contribution in [2.24, 2.45) is 0 Å². The Bertz CT molecular complexity index is 1050. The highest BCUT2D eigenvalue weighted by atomic mass is 32.1. The maximum atomic E-state index is 13.0. The number of hydrogen-bond donors (Lipinski definition) is 3. The summed E-state index contributed by atoms with van der Waals surface area (Å²) >= 11 is 5.41. The first-order valence-electron chi connectivity index (χ1n) is 10.5. The molecular formula is C23H27FN6S. The lowest BCUT2D eigenvalue weighted by Crippen LogP contribution is -2.42. The van der Waals surface area contributed by atoms with Crippen molar-refractivity contribution in [2.45, 2.75) is 37.8 Å². The van der Waals surface area contributed by atoms with Crippen molar-refractivity contribution < 1.29 is 4.39 Å². The summed E-state index contributed by atoms with van der Waals surface area (Å²) in [6.45, 7) is 0. The number of thiocarbonyl (C=S) groups is 1. The van der Waals surface area contributed by atoms with Crippen molar-refractivity contribution in [3.8, 4) is 0 Å². The van der Waals surface area contributed by atoms with Crippen LogP contribution >= 0.6 is 12.2 Å². The van der Waals surface area contributed by atoms with E-state index in [-0.39, 0.29) is 5.82 Å². The van der Waals surface area contributed by atoms with E-state index in [1.807, 2.05) is 43.3 Å². The van der Waals surface area contributed by atoms with Gasteiger partial charge in [0.1, 0.15) is 11.6 Å². The largest absolute Gasteiger partial charge is 0.362 e. The molecule has 1 heterocycles. The van der Waals surface area contributed by atoms with Gasteiger partial charge in [-0.05, 0) is 74.3 Å². The average molecular weight is 439 g/mol. The van der Waals surface area contributed by atoms with Gasteiger partial charge in [0.15, 0.2) is 5.11 Å². The minimum Gasteiger partial charge on any atom is -0.362 e. The zero-order valence-electron chi connectivity index (χ0n) is 17.7. The molecule has 3 aromatic rings. The van der Waals surface area contributed by atoms with Crippen LogP contribution in [0.15, 0.2) is 48.5 Å². The van der Waals surface area contributed by atoms with Crippen LogP contribution in [0.4, 0.5) is 21.8 Å². The van der Waals surface area contributed by atoms with Crippen LogP contribution in [0.2, 0.25) is 0 Å². The Kier molecular flexibility index (Phi) is 6.46. The number of fused-ring (bicyclic) bond motifs is 1. The highest BCUT2D eigenvalue weighted by Gasteiger charge is 2.22. The van der Waals surface area contributed by atoms with Crippen LogP contribution < -0.4 is 20.9 Å². The van der Waals surface area contributed by atoms with Gasteiger partial charge in [-0.15, -0.1) is 0 Å². The summed E-state index contributed by atoms with van der Waals surface area (Å²) in [6, 6.07) is 14.9.